The van der Waals surface area contributed by atoms with Crippen LogP contribution in [0.25, 0.3) is 0 Å². The largest absolute Gasteiger partial charge is 0.497 e. The van der Waals surface area contributed by atoms with E-state index < -0.39 is 30.2 Å². The Labute approximate surface area is 168 Å². The molecule has 2 aromatic carbocycles. The van der Waals surface area contributed by atoms with Crippen LogP contribution in [0.3, 0.4) is 0 Å². The number of imide groups is 1. The van der Waals surface area contributed by atoms with E-state index in [0.29, 0.717) is 22.6 Å². The lowest BCUT2D eigenvalue weighted by Crippen LogP contribution is -2.48. The second-order valence-electron chi connectivity index (χ2n) is 6.65. The van der Waals surface area contributed by atoms with Crippen LogP contribution in [-0.4, -0.2) is 60.7 Å². The minimum atomic E-state index is -0.504. The summed E-state index contributed by atoms with van der Waals surface area (Å²) in [5.41, 5.74) is 1.63. The molecule has 1 heterocycles. The fourth-order valence-electron chi connectivity index (χ4n) is 2.99. The SMILES string of the molecule is COc1ccc(NC(=O)CN(C)C(=O)CN2C(=O)Cc3ccccc3C2=O)cc1. The molecule has 2 aromatic rings. The molecule has 0 fully saturated rings. The number of carbonyl (C=O) groups excluding carboxylic acids is 4. The van der Waals surface area contributed by atoms with Gasteiger partial charge in [0, 0.05) is 18.3 Å². The summed E-state index contributed by atoms with van der Waals surface area (Å²) in [4.78, 5) is 51.6. The standard InChI is InChI=1S/C21H21N3O5/c1-23(12-18(25)22-15-7-9-16(29-2)10-8-15)20(27)13-24-19(26)11-14-5-3-4-6-17(14)21(24)28/h3-10H,11-13H2,1-2H3,(H,22,25). The van der Waals surface area contributed by atoms with E-state index >= 15 is 0 Å². The zero-order chi connectivity index (χ0) is 21.0. The van der Waals surface area contributed by atoms with Crippen LogP contribution in [0.1, 0.15) is 15.9 Å². The van der Waals surface area contributed by atoms with Gasteiger partial charge in [-0.1, -0.05) is 18.2 Å². The molecule has 150 valence electrons. The van der Waals surface area contributed by atoms with Crippen molar-refractivity contribution in [3.63, 3.8) is 0 Å². The van der Waals surface area contributed by atoms with Gasteiger partial charge in [0.25, 0.3) is 5.91 Å². The number of likely N-dealkylation sites (N-methyl/N-ethyl adjacent to an activating group) is 1. The van der Waals surface area contributed by atoms with Crippen LogP contribution in [0.4, 0.5) is 5.69 Å². The molecule has 0 aliphatic carbocycles. The third kappa shape index (κ3) is 4.60. The van der Waals surface area contributed by atoms with Gasteiger partial charge in [0.15, 0.2) is 0 Å². The van der Waals surface area contributed by atoms with Crippen molar-refractivity contribution in [2.75, 3.05) is 32.6 Å². The van der Waals surface area contributed by atoms with Gasteiger partial charge in [0.1, 0.15) is 12.3 Å². The normalized spacial score (nSPS) is 13.0. The van der Waals surface area contributed by atoms with Gasteiger partial charge in [-0.3, -0.25) is 24.1 Å². The Kier molecular flexibility index (Phi) is 5.92. The third-order valence-corrected chi connectivity index (χ3v) is 4.61. The molecule has 1 N–H and O–H groups in total. The summed E-state index contributed by atoms with van der Waals surface area (Å²) >= 11 is 0. The van der Waals surface area contributed by atoms with E-state index in [0.717, 1.165) is 4.90 Å². The van der Waals surface area contributed by atoms with Crippen molar-refractivity contribution >= 4 is 29.3 Å². The highest BCUT2D eigenvalue weighted by molar-refractivity contribution is 6.11. The molecule has 0 aromatic heterocycles. The Morgan fingerprint density at radius 1 is 1.10 bits per heavy atom. The molecule has 0 bridgehead atoms. The van der Waals surface area contributed by atoms with Crippen LogP contribution < -0.4 is 10.1 Å². The summed E-state index contributed by atoms with van der Waals surface area (Å²) < 4.78 is 5.06. The molecule has 0 saturated heterocycles. The van der Waals surface area contributed by atoms with Crippen LogP contribution >= 0.6 is 0 Å². The molecule has 0 radical (unpaired) electrons. The zero-order valence-corrected chi connectivity index (χ0v) is 16.2. The van der Waals surface area contributed by atoms with Crippen molar-refractivity contribution in [3.8, 4) is 5.75 Å². The zero-order valence-electron chi connectivity index (χ0n) is 16.2. The Morgan fingerprint density at radius 3 is 2.48 bits per heavy atom. The number of benzene rings is 2. The number of ether oxygens (including phenoxy) is 1. The summed E-state index contributed by atoms with van der Waals surface area (Å²) in [5.74, 6) is -1.17. The molecule has 8 nitrogen and oxygen atoms in total. The molecule has 1 aliphatic rings. The van der Waals surface area contributed by atoms with E-state index in [2.05, 4.69) is 5.32 Å². The smallest absolute Gasteiger partial charge is 0.261 e. The number of hydrogen-bond donors (Lipinski definition) is 1. The maximum atomic E-state index is 12.5. The Bertz CT molecular complexity index is 955. The minimum absolute atomic E-state index is 0.0663. The van der Waals surface area contributed by atoms with E-state index in [1.807, 2.05) is 0 Å². The lowest BCUT2D eigenvalue weighted by Gasteiger charge is -2.28. The first kappa shape index (κ1) is 20.1. The van der Waals surface area contributed by atoms with E-state index in [1.54, 1.807) is 55.6 Å². The average molecular weight is 395 g/mol. The van der Waals surface area contributed by atoms with Crippen LogP contribution in [0.15, 0.2) is 48.5 Å². The third-order valence-electron chi connectivity index (χ3n) is 4.61. The molecule has 8 heteroatoms. The number of rotatable bonds is 6. The first-order valence-corrected chi connectivity index (χ1v) is 8.99. The second-order valence-corrected chi connectivity index (χ2v) is 6.65. The summed E-state index contributed by atoms with van der Waals surface area (Å²) in [7, 11) is 2.99. The van der Waals surface area contributed by atoms with Crippen molar-refractivity contribution in [1.29, 1.82) is 0 Å². The number of anilines is 1. The number of fused-ring (bicyclic) bond motifs is 1. The van der Waals surface area contributed by atoms with Crippen LogP contribution in [0, 0.1) is 0 Å². The molecule has 0 spiro atoms. The summed E-state index contributed by atoms with van der Waals surface area (Å²) in [5, 5.41) is 2.68. The van der Waals surface area contributed by atoms with Gasteiger partial charge in [0.05, 0.1) is 20.1 Å². The molecule has 1 aliphatic heterocycles. The lowest BCUT2D eigenvalue weighted by molar-refractivity contribution is -0.138. The Balaban J connectivity index is 1.58. The predicted octanol–water partition coefficient (Wildman–Crippen LogP) is 1.32. The van der Waals surface area contributed by atoms with E-state index in [-0.39, 0.29) is 13.0 Å². The van der Waals surface area contributed by atoms with Crippen molar-refractivity contribution < 1.29 is 23.9 Å². The molecule has 29 heavy (non-hydrogen) atoms. The van der Waals surface area contributed by atoms with Crippen LogP contribution in [0.2, 0.25) is 0 Å². The minimum Gasteiger partial charge on any atom is -0.497 e. The summed E-state index contributed by atoms with van der Waals surface area (Å²) in [6.45, 7) is -0.615. The first-order chi connectivity index (χ1) is 13.9. The van der Waals surface area contributed by atoms with Crippen molar-refractivity contribution in [2.24, 2.45) is 0 Å². The summed E-state index contributed by atoms with van der Waals surface area (Å²) in [6.07, 6.45) is 0.0663. The highest BCUT2D eigenvalue weighted by Crippen LogP contribution is 2.19. The number of nitrogens with zero attached hydrogens (tertiary/aromatic N) is 2. The van der Waals surface area contributed by atoms with E-state index in [9.17, 15) is 19.2 Å². The number of carbonyl (C=O) groups is 4. The molecular weight excluding hydrogens is 374 g/mol. The van der Waals surface area contributed by atoms with Crippen molar-refractivity contribution in [3.05, 3.63) is 59.7 Å². The number of nitrogens with one attached hydrogen (secondary N) is 1. The first-order valence-electron chi connectivity index (χ1n) is 8.99. The maximum Gasteiger partial charge on any atom is 0.261 e. The van der Waals surface area contributed by atoms with Gasteiger partial charge in [-0.2, -0.15) is 0 Å². The number of methoxy groups -OCH3 is 1. The molecule has 0 unspecified atom stereocenters. The molecule has 4 amide bonds. The number of amides is 4. The highest BCUT2D eigenvalue weighted by atomic mass is 16.5. The van der Waals surface area contributed by atoms with Crippen LogP contribution in [0.5, 0.6) is 5.75 Å². The molecule has 0 saturated carbocycles. The van der Waals surface area contributed by atoms with Crippen molar-refractivity contribution in [2.45, 2.75) is 6.42 Å². The molecular formula is C21H21N3O5. The van der Waals surface area contributed by atoms with Gasteiger partial charge < -0.3 is 15.0 Å². The second kappa shape index (κ2) is 8.55. The fourth-order valence-corrected chi connectivity index (χ4v) is 2.99. The van der Waals surface area contributed by atoms with E-state index in [4.69, 9.17) is 4.74 Å². The van der Waals surface area contributed by atoms with Gasteiger partial charge >= 0.3 is 0 Å². The fraction of sp³-hybridized carbons (Fsp3) is 0.238. The number of hydrogen-bond acceptors (Lipinski definition) is 5. The topological polar surface area (TPSA) is 96.0 Å². The highest BCUT2D eigenvalue weighted by Gasteiger charge is 2.32. The van der Waals surface area contributed by atoms with Gasteiger partial charge in [-0.15, -0.1) is 0 Å². The molecule has 3 rings (SSSR count). The maximum absolute atomic E-state index is 12.5. The van der Waals surface area contributed by atoms with Crippen molar-refractivity contribution in [1.82, 2.24) is 9.80 Å². The quantitative estimate of drug-likeness (QED) is 0.744. The average Bonchev–Trinajstić information content (AvgIpc) is 2.71. The van der Waals surface area contributed by atoms with Gasteiger partial charge in [-0.05, 0) is 35.9 Å². The van der Waals surface area contributed by atoms with E-state index in [1.165, 1.54) is 11.9 Å². The Morgan fingerprint density at radius 2 is 1.79 bits per heavy atom. The summed E-state index contributed by atoms with van der Waals surface area (Å²) in [6, 6.07) is 13.6. The monoisotopic (exact) mass is 395 g/mol. The predicted molar refractivity (Wildman–Crippen MR) is 105 cm³/mol. The van der Waals surface area contributed by atoms with Crippen LogP contribution in [-0.2, 0) is 20.8 Å². The van der Waals surface area contributed by atoms with Gasteiger partial charge in [-0.25, -0.2) is 0 Å². The Hall–Kier alpha value is -3.68. The molecule has 0 atom stereocenters. The lowest BCUT2D eigenvalue weighted by atomic mass is 9.98. The van der Waals surface area contributed by atoms with Gasteiger partial charge in [0.2, 0.25) is 17.7 Å².